The summed E-state index contributed by atoms with van der Waals surface area (Å²) in [4.78, 5) is 2.39. The quantitative estimate of drug-likeness (QED) is 0.882. The van der Waals surface area contributed by atoms with Crippen LogP contribution in [0.5, 0.6) is 0 Å². The fourth-order valence-electron chi connectivity index (χ4n) is 3.99. The third kappa shape index (κ3) is 2.35. The Morgan fingerprint density at radius 3 is 2.90 bits per heavy atom. The van der Waals surface area contributed by atoms with Crippen molar-refractivity contribution >= 4 is 5.69 Å². The molecule has 108 valence electrons. The number of hydrogen-bond donors (Lipinski definition) is 1. The monoisotopic (exact) mass is 270 g/mol. The van der Waals surface area contributed by atoms with Gasteiger partial charge in [0.1, 0.15) is 0 Å². The molecule has 2 heteroatoms. The predicted molar refractivity (Wildman–Crippen MR) is 84.1 cm³/mol. The van der Waals surface area contributed by atoms with Gasteiger partial charge in [-0.25, -0.2) is 0 Å². The SMILES string of the molecule is CN1CCCc2cc(CNCC3(C4CC4)CC3)ccc21. The molecule has 1 N–H and O–H groups in total. The zero-order chi connectivity index (χ0) is 13.6. The second-order valence-corrected chi connectivity index (χ2v) is 7.23. The van der Waals surface area contributed by atoms with Gasteiger partial charge in [0.25, 0.3) is 0 Å². The first kappa shape index (κ1) is 12.7. The van der Waals surface area contributed by atoms with E-state index in [9.17, 15) is 0 Å². The Hall–Kier alpha value is -1.02. The van der Waals surface area contributed by atoms with Crippen LogP contribution in [0.4, 0.5) is 5.69 Å². The predicted octanol–water partition coefficient (Wildman–Crippen LogP) is 3.35. The van der Waals surface area contributed by atoms with E-state index in [2.05, 4.69) is 35.5 Å². The lowest BCUT2D eigenvalue weighted by Gasteiger charge is -2.28. The van der Waals surface area contributed by atoms with Crippen LogP contribution in [0.25, 0.3) is 0 Å². The van der Waals surface area contributed by atoms with Crippen LogP contribution < -0.4 is 10.2 Å². The number of nitrogens with one attached hydrogen (secondary N) is 1. The molecule has 3 aliphatic rings. The van der Waals surface area contributed by atoms with Crippen LogP contribution in [0.15, 0.2) is 18.2 Å². The molecule has 1 aromatic rings. The van der Waals surface area contributed by atoms with Crippen molar-refractivity contribution in [2.24, 2.45) is 11.3 Å². The van der Waals surface area contributed by atoms with Gasteiger partial charge in [-0.2, -0.15) is 0 Å². The number of hydrogen-bond acceptors (Lipinski definition) is 2. The van der Waals surface area contributed by atoms with Gasteiger partial charge >= 0.3 is 0 Å². The zero-order valence-corrected chi connectivity index (χ0v) is 12.6. The smallest absolute Gasteiger partial charge is 0.0396 e. The normalized spacial score (nSPS) is 23.6. The Morgan fingerprint density at radius 2 is 2.15 bits per heavy atom. The van der Waals surface area contributed by atoms with Gasteiger partial charge in [0.05, 0.1) is 0 Å². The largest absolute Gasteiger partial charge is 0.374 e. The number of rotatable bonds is 5. The fourth-order valence-corrected chi connectivity index (χ4v) is 3.99. The first-order valence-electron chi connectivity index (χ1n) is 8.31. The molecule has 4 rings (SSSR count). The van der Waals surface area contributed by atoms with Crippen molar-refractivity contribution < 1.29 is 0 Å². The summed E-state index contributed by atoms with van der Waals surface area (Å²) in [5, 5.41) is 3.73. The number of nitrogens with zero attached hydrogens (tertiary/aromatic N) is 1. The molecule has 0 bridgehead atoms. The summed E-state index contributed by atoms with van der Waals surface area (Å²) in [5.74, 6) is 1.06. The zero-order valence-electron chi connectivity index (χ0n) is 12.6. The molecule has 1 aromatic carbocycles. The Morgan fingerprint density at radius 1 is 1.30 bits per heavy atom. The van der Waals surface area contributed by atoms with Gasteiger partial charge in [0.15, 0.2) is 0 Å². The molecule has 0 spiro atoms. The lowest BCUT2D eigenvalue weighted by Crippen LogP contribution is -2.26. The second kappa shape index (κ2) is 4.77. The number of benzene rings is 1. The van der Waals surface area contributed by atoms with Crippen LogP contribution >= 0.6 is 0 Å². The molecular weight excluding hydrogens is 244 g/mol. The van der Waals surface area contributed by atoms with Crippen LogP contribution in [0.3, 0.4) is 0 Å². The Kier molecular flexibility index (Phi) is 3.03. The van der Waals surface area contributed by atoms with E-state index in [-0.39, 0.29) is 0 Å². The highest BCUT2D eigenvalue weighted by Crippen LogP contribution is 2.60. The lowest BCUT2D eigenvalue weighted by atomic mass is 9.99. The average molecular weight is 270 g/mol. The van der Waals surface area contributed by atoms with E-state index in [1.165, 1.54) is 62.9 Å². The van der Waals surface area contributed by atoms with Gasteiger partial charge in [-0.3, -0.25) is 0 Å². The molecule has 2 nitrogen and oxygen atoms in total. The van der Waals surface area contributed by atoms with Crippen LogP contribution in [-0.2, 0) is 13.0 Å². The van der Waals surface area contributed by atoms with E-state index < -0.39 is 0 Å². The number of anilines is 1. The molecule has 0 atom stereocenters. The van der Waals surface area contributed by atoms with Gasteiger partial charge in [0, 0.05) is 32.4 Å². The fraction of sp³-hybridized carbons (Fsp3) is 0.667. The van der Waals surface area contributed by atoms with Crippen molar-refractivity contribution in [1.29, 1.82) is 0 Å². The molecule has 0 unspecified atom stereocenters. The first-order valence-corrected chi connectivity index (χ1v) is 8.31. The summed E-state index contributed by atoms with van der Waals surface area (Å²) in [6.07, 6.45) is 8.48. The minimum Gasteiger partial charge on any atom is -0.374 e. The van der Waals surface area contributed by atoms with Crippen molar-refractivity contribution in [3.63, 3.8) is 0 Å². The standard InChI is InChI=1S/C18H26N2/c1-20-10-2-3-15-11-14(4-7-17(15)20)12-19-13-18(8-9-18)16-5-6-16/h4,7,11,16,19H,2-3,5-6,8-10,12-13H2,1H3. The first-order chi connectivity index (χ1) is 9.77. The third-order valence-electron chi connectivity index (χ3n) is 5.64. The minimum absolute atomic E-state index is 0.717. The summed E-state index contributed by atoms with van der Waals surface area (Å²) < 4.78 is 0. The van der Waals surface area contributed by atoms with Gasteiger partial charge in [-0.1, -0.05) is 12.1 Å². The summed E-state index contributed by atoms with van der Waals surface area (Å²) in [7, 11) is 2.21. The maximum Gasteiger partial charge on any atom is 0.0396 e. The van der Waals surface area contributed by atoms with Gasteiger partial charge < -0.3 is 10.2 Å². The number of aryl methyl sites for hydroxylation is 1. The maximum absolute atomic E-state index is 3.73. The minimum atomic E-state index is 0.717. The van der Waals surface area contributed by atoms with Crippen molar-refractivity contribution in [3.05, 3.63) is 29.3 Å². The second-order valence-electron chi connectivity index (χ2n) is 7.23. The van der Waals surface area contributed by atoms with Gasteiger partial charge in [-0.15, -0.1) is 0 Å². The third-order valence-corrected chi connectivity index (χ3v) is 5.64. The summed E-state index contributed by atoms with van der Waals surface area (Å²) in [5.41, 5.74) is 5.16. The Bertz CT molecular complexity index is 500. The van der Waals surface area contributed by atoms with Crippen LogP contribution in [0, 0.1) is 11.3 Å². The van der Waals surface area contributed by atoms with Gasteiger partial charge in [-0.05, 0) is 67.1 Å². The molecule has 0 amide bonds. The highest BCUT2D eigenvalue weighted by atomic mass is 15.1. The van der Waals surface area contributed by atoms with Crippen LogP contribution in [0.1, 0.15) is 43.2 Å². The molecule has 0 radical (unpaired) electrons. The van der Waals surface area contributed by atoms with Crippen LogP contribution in [0.2, 0.25) is 0 Å². The van der Waals surface area contributed by atoms with Crippen LogP contribution in [-0.4, -0.2) is 20.1 Å². The summed E-state index contributed by atoms with van der Waals surface area (Å²) in [6, 6.07) is 7.05. The topological polar surface area (TPSA) is 15.3 Å². The Balaban J connectivity index is 1.37. The van der Waals surface area contributed by atoms with Gasteiger partial charge in [0.2, 0.25) is 0 Å². The lowest BCUT2D eigenvalue weighted by molar-refractivity contribution is 0.403. The molecule has 2 fully saturated rings. The van der Waals surface area contributed by atoms with E-state index in [1.807, 2.05) is 0 Å². The maximum atomic E-state index is 3.73. The van der Waals surface area contributed by atoms with Crippen molar-refractivity contribution in [2.45, 2.75) is 45.1 Å². The summed E-state index contributed by atoms with van der Waals surface area (Å²) >= 11 is 0. The molecule has 0 saturated heterocycles. The highest BCUT2D eigenvalue weighted by Gasteiger charge is 2.53. The van der Waals surface area contributed by atoms with E-state index in [4.69, 9.17) is 0 Å². The van der Waals surface area contributed by atoms with Crippen molar-refractivity contribution in [1.82, 2.24) is 5.32 Å². The van der Waals surface area contributed by atoms with E-state index in [0.29, 0.717) is 5.41 Å². The Labute approximate surface area is 122 Å². The van der Waals surface area contributed by atoms with Crippen molar-refractivity contribution in [2.75, 3.05) is 25.0 Å². The molecule has 2 saturated carbocycles. The summed E-state index contributed by atoms with van der Waals surface area (Å²) in [6.45, 7) is 3.49. The molecule has 1 aliphatic heterocycles. The molecule has 0 aromatic heterocycles. The van der Waals surface area contributed by atoms with Crippen molar-refractivity contribution in [3.8, 4) is 0 Å². The van der Waals surface area contributed by atoms with E-state index in [1.54, 1.807) is 5.56 Å². The molecule has 20 heavy (non-hydrogen) atoms. The van der Waals surface area contributed by atoms with E-state index >= 15 is 0 Å². The average Bonchev–Trinajstić information content (AvgIpc) is 3.32. The highest BCUT2D eigenvalue weighted by molar-refractivity contribution is 5.56. The molecule has 1 heterocycles. The van der Waals surface area contributed by atoms with E-state index in [0.717, 1.165) is 12.5 Å². The molecular formula is C18H26N2. The number of fused-ring (bicyclic) bond motifs is 1. The molecule has 2 aliphatic carbocycles.